The summed E-state index contributed by atoms with van der Waals surface area (Å²) < 4.78 is 11.1. The summed E-state index contributed by atoms with van der Waals surface area (Å²) in [5.41, 5.74) is -0.532. The van der Waals surface area contributed by atoms with Gasteiger partial charge in [0.25, 0.3) is 0 Å². The summed E-state index contributed by atoms with van der Waals surface area (Å²) >= 11 is 0. The molecule has 6 heteroatoms. The van der Waals surface area contributed by atoms with Crippen molar-refractivity contribution in [3.8, 4) is 0 Å². The molecule has 2 unspecified atom stereocenters. The number of esters is 2. The molecule has 168 valence electrons. The third-order valence-electron chi connectivity index (χ3n) is 8.00. The fraction of sp³-hybridized carbons (Fsp3) is 0.913. The van der Waals surface area contributed by atoms with Crippen molar-refractivity contribution >= 4 is 11.9 Å². The van der Waals surface area contributed by atoms with Crippen LogP contribution in [0, 0.1) is 11.8 Å². The quantitative estimate of drug-likeness (QED) is 0.494. The smallest absolute Gasteiger partial charge is 0.310 e. The Morgan fingerprint density at radius 2 is 1.03 bits per heavy atom. The number of ether oxygens (including phenoxy) is 2. The van der Waals surface area contributed by atoms with E-state index in [0.717, 1.165) is 12.8 Å². The maximum absolute atomic E-state index is 12.6. The van der Waals surface area contributed by atoms with Gasteiger partial charge in [-0.3, -0.25) is 19.4 Å². The minimum Gasteiger partial charge on any atom is -0.465 e. The van der Waals surface area contributed by atoms with Crippen LogP contribution < -0.4 is 0 Å². The molecule has 2 atom stereocenters. The minimum absolute atomic E-state index is 0.0300. The average molecular weight is 411 g/mol. The first-order valence-electron chi connectivity index (χ1n) is 10.9. The largest absolute Gasteiger partial charge is 0.465 e. The first kappa shape index (κ1) is 24.1. The third kappa shape index (κ3) is 4.48. The van der Waals surface area contributed by atoms with E-state index in [-0.39, 0.29) is 59.1 Å². The van der Waals surface area contributed by atoms with E-state index in [1.807, 2.05) is 0 Å². The molecule has 2 rings (SSSR count). The number of nitrogens with zero attached hydrogens (tertiary/aromatic N) is 2. The zero-order chi connectivity index (χ0) is 22.4. The van der Waals surface area contributed by atoms with Crippen LogP contribution in [0.4, 0.5) is 0 Å². The Morgan fingerprint density at radius 3 is 1.28 bits per heavy atom. The lowest BCUT2D eigenvalue weighted by Gasteiger charge is -2.37. The van der Waals surface area contributed by atoms with Gasteiger partial charge in [-0.05, 0) is 82.3 Å². The zero-order valence-corrected chi connectivity index (χ0v) is 20.2. The number of carbonyl (C=O) groups is 2. The molecule has 29 heavy (non-hydrogen) atoms. The molecule has 0 aromatic rings. The van der Waals surface area contributed by atoms with Crippen molar-refractivity contribution in [3.63, 3.8) is 0 Å². The molecule has 2 fully saturated rings. The molecule has 0 bridgehead atoms. The van der Waals surface area contributed by atoms with Crippen LogP contribution in [0.3, 0.4) is 0 Å². The van der Waals surface area contributed by atoms with Crippen molar-refractivity contribution < 1.29 is 19.1 Å². The molecule has 2 heterocycles. The summed E-state index contributed by atoms with van der Waals surface area (Å²) in [5, 5.41) is 0. The molecule has 0 radical (unpaired) electrons. The summed E-state index contributed by atoms with van der Waals surface area (Å²) in [6.45, 7) is 17.6. The Morgan fingerprint density at radius 1 is 0.724 bits per heavy atom. The van der Waals surface area contributed by atoms with E-state index in [1.165, 1.54) is 0 Å². The second-order valence-electron chi connectivity index (χ2n) is 11.3. The molecule has 0 saturated carbocycles. The van der Waals surface area contributed by atoms with Crippen molar-refractivity contribution in [2.75, 3.05) is 27.3 Å². The van der Waals surface area contributed by atoms with Gasteiger partial charge in [0.05, 0.1) is 25.0 Å². The fourth-order valence-corrected chi connectivity index (χ4v) is 5.15. The summed E-state index contributed by atoms with van der Waals surface area (Å²) in [5.74, 6) is -0.609. The second-order valence-corrected chi connectivity index (χ2v) is 11.3. The lowest BCUT2D eigenvalue weighted by atomic mass is 9.87. The van der Waals surface area contributed by atoms with Crippen molar-refractivity contribution in [1.29, 1.82) is 0 Å². The van der Waals surface area contributed by atoms with E-state index in [0.29, 0.717) is 6.42 Å². The number of hydrogen-bond acceptors (Lipinski definition) is 6. The normalized spacial score (nSPS) is 30.3. The van der Waals surface area contributed by atoms with Gasteiger partial charge in [0, 0.05) is 28.6 Å². The Labute approximate surface area is 177 Å². The molecule has 0 aromatic carbocycles. The van der Waals surface area contributed by atoms with Crippen LogP contribution in [0.25, 0.3) is 0 Å². The molecule has 0 aromatic heterocycles. The van der Waals surface area contributed by atoms with E-state index in [2.05, 4.69) is 79.3 Å². The number of carbonyl (C=O) groups excluding carboxylic acids is 2. The molecular weight excluding hydrogens is 368 g/mol. The summed E-state index contributed by atoms with van der Waals surface area (Å²) in [6, 6.07) is 0. The minimum atomic E-state index is -0.236. The van der Waals surface area contributed by atoms with Crippen LogP contribution in [0.2, 0.25) is 0 Å². The van der Waals surface area contributed by atoms with Gasteiger partial charge in [-0.1, -0.05) is 0 Å². The SMILES string of the molecule is CN1C(C)(C)CC(C(=O)OCCCOC(=O)C2CC(C)(C)N(C)C2(C)C)C1(C)C. The van der Waals surface area contributed by atoms with Gasteiger partial charge in [0.15, 0.2) is 0 Å². The topological polar surface area (TPSA) is 59.1 Å². The van der Waals surface area contributed by atoms with E-state index >= 15 is 0 Å². The van der Waals surface area contributed by atoms with Crippen molar-refractivity contribution in [2.45, 2.75) is 96.8 Å². The second kappa shape index (κ2) is 7.84. The molecule has 6 nitrogen and oxygen atoms in total. The van der Waals surface area contributed by atoms with Crippen LogP contribution in [-0.2, 0) is 19.1 Å². The Balaban J connectivity index is 1.78. The summed E-state index contributed by atoms with van der Waals surface area (Å²) in [6.07, 6.45) is 2.09. The first-order chi connectivity index (χ1) is 13.0. The van der Waals surface area contributed by atoms with Crippen LogP contribution in [-0.4, -0.2) is 71.2 Å². The number of hydrogen-bond donors (Lipinski definition) is 0. The van der Waals surface area contributed by atoms with Gasteiger partial charge in [-0.2, -0.15) is 0 Å². The highest BCUT2D eigenvalue weighted by atomic mass is 16.5. The third-order valence-corrected chi connectivity index (χ3v) is 8.00. The monoisotopic (exact) mass is 410 g/mol. The van der Waals surface area contributed by atoms with Gasteiger partial charge in [-0.25, -0.2) is 0 Å². The van der Waals surface area contributed by atoms with Crippen LogP contribution in [0.15, 0.2) is 0 Å². The molecule has 0 aliphatic carbocycles. The van der Waals surface area contributed by atoms with E-state index in [4.69, 9.17) is 9.47 Å². The van der Waals surface area contributed by atoms with Gasteiger partial charge < -0.3 is 9.47 Å². The maximum Gasteiger partial charge on any atom is 0.310 e. The lowest BCUT2D eigenvalue weighted by Crippen LogP contribution is -2.48. The maximum atomic E-state index is 12.6. The Hall–Kier alpha value is -1.14. The van der Waals surface area contributed by atoms with E-state index in [1.54, 1.807) is 0 Å². The molecule has 0 amide bonds. The van der Waals surface area contributed by atoms with Crippen molar-refractivity contribution in [2.24, 2.45) is 11.8 Å². The predicted molar refractivity (Wildman–Crippen MR) is 115 cm³/mol. The molecule has 2 aliphatic rings. The molecule has 0 spiro atoms. The Bertz CT molecular complexity index is 585. The lowest BCUT2D eigenvalue weighted by molar-refractivity contribution is -0.153. The van der Waals surface area contributed by atoms with E-state index < -0.39 is 0 Å². The number of likely N-dealkylation sites (tertiary alicyclic amines) is 2. The zero-order valence-electron chi connectivity index (χ0n) is 20.2. The predicted octanol–water partition coefficient (Wildman–Crippen LogP) is 3.48. The molecule has 0 N–H and O–H groups in total. The van der Waals surface area contributed by atoms with Crippen LogP contribution in [0.1, 0.15) is 74.7 Å². The number of rotatable bonds is 6. The van der Waals surface area contributed by atoms with Gasteiger partial charge >= 0.3 is 11.9 Å². The fourth-order valence-electron chi connectivity index (χ4n) is 5.15. The molecule has 2 saturated heterocycles. The summed E-state index contributed by atoms with van der Waals surface area (Å²) in [4.78, 5) is 29.8. The van der Waals surface area contributed by atoms with Crippen LogP contribution >= 0.6 is 0 Å². The van der Waals surface area contributed by atoms with Crippen molar-refractivity contribution in [1.82, 2.24) is 9.80 Å². The van der Waals surface area contributed by atoms with Gasteiger partial charge in [0.1, 0.15) is 0 Å². The molecule has 2 aliphatic heterocycles. The first-order valence-corrected chi connectivity index (χ1v) is 10.9. The summed E-state index contributed by atoms with van der Waals surface area (Å²) in [7, 11) is 4.13. The van der Waals surface area contributed by atoms with Gasteiger partial charge in [0.2, 0.25) is 0 Å². The van der Waals surface area contributed by atoms with Gasteiger partial charge in [-0.15, -0.1) is 0 Å². The highest BCUT2D eigenvalue weighted by Gasteiger charge is 2.54. The van der Waals surface area contributed by atoms with Crippen LogP contribution in [0.5, 0.6) is 0 Å². The highest BCUT2D eigenvalue weighted by molar-refractivity contribution is 5.75. The van der Waals surface area contributed by atoms with E-state index in [9.17, 15) is 9.59 Å². The van der Waals surface area contributed by atoms with Crippen molar-refractivity contribution in [3.05, 3.63) is 0 Å². The standard InChI is InChI=1S/C23H42N2O4/c1-20(2)14-16(22(5,6)24(20)9)18(26)28-12-11-13-29-19(27)17-15-21(3,4)25(10)23(17,7)8/h16-17H,11-15H2,1-10H3. The Kier molecular flexibility index (Phi) is 6.53. The average Bonchev–Trinajstić information content (AvgIpc) is 2.87. The highest BCUT2D eigenvalue weighted by Crippen LogP contribution is 2.45. The molecular formula is C23H42N2O4.